The van der Waals surface area contributed by atoms with Crippen molar-refractivity contribution in [3.63, 3.8) is 0 Å². The van der Waals surface area contributed by atoms with Crippen molar-refractivity contribution >= 4 is 19.4 Å². The van der Waals surface area contributed by atoms with Gasteiger partial charge < -0.3 is 9.84 Å². The maximum atomic E-state index is 12.8. The van der Waals surface area contributed by atoms with E-state index >= 15 is 0 Å². The Morgan fingerprint density at radius 1 is 1.25 bits per heavy atom. The van der Waals surface area contributed by atoms with E-state index in [1.807, 2.05) is 25.7 Å². The van der Waals surface area contributed by atoms with Gasteiger partial charge in [0.2, 0.25) is 11.4 Å². The molecular weight excluding hydrogens is 316 g/mol. The Balaban J connectivity index is 2.54. The van der Waals surface area contributed by atoms with Gasteiger partial charge >= 0.3 is 0 Å². The molecule has 2 rings (SSSR count). The highest BCUT2D eigenvalue weighted by atomic mass is 28.3. The topological polar surface area (TPSA) is 46.5 Å². The normalized spacial score (nSPS) is 24.3. The number of hydrogen-bond acceptors (Lipinski definition) is 3. The molecule has 1 aliphatic carbocycles. The van der Waals surface area contributed by atoms with Crippen molar-refractivity contribution in [2.75, 3.05) is 0 Å². The molecule has 2 unspecified atom stereocenters. The summed E-state index contributed by atoms with van der Waals surface area (Å²) in [7, 11) is -2.18. The van der Waals surface area contributed by atoms with Crippen LogP contribution in [0.4, 0.5) is 0 Å². The number of carbonyl (C=O) groups excluding carboxylic acids is 1. The number of rotatable bonds is 4. The van der Waals surface area contributed by atoms with Gasteiger partial charge in [0.25, 0.3) is 0 Å². The monoisotopic (exact) mass is 345 g/mol. The molecule has 0 radical (unpaired) electrons. The summed E-state index contributed by atoms with van der Waals surface area (Å²) in [4.78, 5) is 12.8. The Labute approximate surface area is 150 Å². The van der Waals surface area contributed by atoms with Crippen LogP contribution in [-0.2, 0) is 9.53 Å². The lowest BCUT2D eigenvalue weighted by atomic mass is 9.75. The van der Waals surface area contributed by atoms with E-state index in [4.69, 9.17) is 8.85 Å². The van der Waals surface area contributed by atoms with Gasteiger partial charge in [0.15, 0.2) is 5.76 Å². The molecule has 128 valence electrons. The van der Waals surface area contributed by atoms with Gasteiger partial charge in [0.1, 0.15) is 0 Å². The van der Waals surface area contributed by atoms with Crippen LogP contribution in [0.3, 0.4) is 0 Å². The number of carbonyl (C=O) groups is 1. The quantitative estimate of drug-likeness (QED) is 0.666. The average Bonchev–Trinajstić information content (AvgIpc) is 2.52. The molecular formula is C20H26O3Si. The Bertz CT molecular complexity index is 797. The second-order valence-corrected chi connectivity index (χ2v) is 12.7. The van der Waals surface area contributed by atoms with E-state index in [0.717, 1.165) is 0 Å². The minimum atomic E-state index is -2.27. The van der Waals surface area contributed by atoms with Crippen LogP contribution in [0.5, 0.6) is 0 Å². The molecule has 0 amide bonds. The third kappa shape index (κ3) is 3.48. The number of hydrogen-bond donors (Lipinski definition) is 1. The summed E-state index contributed by atoms with van der Waals surface area (Å²) in [6.07, 6.45) is -0.268. The van der Waals surface area contributed by atoms with Crippen LogP contribution in [-0.4, -0.2) is 30.7 Å². The molecule has 1 aliphatic rings. The molecule has 0 fully saturated rings. The van der Waals surface area contributed by atoms with Crippen LogP contribution < -0.4 is 0 Å². The molecule has 24 heavy (non-hydrogen) atoms. The van der Waals surface area contributed by atoms with E-state index in [-0.39, 0.29) is 11.9 Å². The minimum absolute atomic E-state index is 0.0982. The summed E-state index contributed by atoms with van der Waals surface area (Å²) in [5.74, 6) is 4.81. The molecule has 1 aromatic rings. The van der Waals surface area contributed by atoms with E-state index < -0.39 is 31.9 Å². The predicted octanol–water partition coefficient (Wildman–Crippen LogP) is 3.87. The van der Waals surface area contributed by atoms with Crippen LogP contribution in [0.1, 0.15) is 30.4 Å². The van der Waals surface area contributed by atoms with Crippen LogP contribution in [0.25, 0.3) is 5.57 Å². The molecule has 0 aliphatic heterocycles. The zero-order valence-electron chi connectivity index (χ0n) is 17.8. The predicted molar refractivity (Wildman–Crippen MR) is 100 cm³/mol. The first-order chi connectivity index (χ1) is 12.3. The zero-order valence-corrected chi connectivity index (χ0v) is 15.8. The number of aliphatic hydroxyl groups is 1. The molecule has 1 aromatic carbocycles. The summed E-state index contributed by atoms with van der Waals surface area (Å²) < 4.78 is 29.0. The van der Waals surface area contributed by atoms with Crippen molar-refractivity contribution in [3.8, 4) is 11.8 Å². The molecule has 3 nitrogen and oxygen atoms in total. The first kappa shape index (κ1) is 14.5. The van der Waals surface area contributed by atoms with Gasteiger partial charge in [-0.3, -0.25) is 4.79 Å². The van der Waals surface area contributed by atoms with Gasteiger partial charge in [0.05, 0.1) is 19.8 Å². The molecule has 0 spiro atoms. The fourth-order valence-electron chi connectivity index (χ4n) is 2.26. The van der Waals surface area contributed by atoms with Crippen molar-refractivity contribution in [1.29, 1.82) is 0 Å². The third-order valence-corrected chi connectivity index (χ3v) is 5.67. The SMILES string of the molecule is [2H]C([2H])([2H])C(C#CC1(O)C(=O)C(c2ccccc2)=C1OC(C)C)[Si](C)(C)C. The Kier molecular flexibility index (Phi) is 3.98. The maximum absolute atomic E-state index is 12.8. The van der Waals surface area contributed by atoms with Gasteiger partial charge in [-0.1, -0.05) is 68.7 Å². The van der Waals surface area contributed by atoms with Crippen LogP contribution >= 0.6 is 0 Å². The van der Waals surface area contributed by atoms with Crippen LogP contribution in [0.15, 0.2) is 36.1 Å². The first-order valence-corrected chi connectivity index (χ1v) is 11.6. The van der Waals surface area contributed by atoms with E-state index in [2.05, 4.69) is 11.8 Å². The minimum Gasteiger partial charge on any atom is -0.490 e. The second kappa shape index (κ2) is 6.58. The molecule has 1 N–H and O–H groups in total. The molecule has 0 heterocycles. The summed E-state index contributed by atoms with van der Waals surface area (Å²) in [6.45, 7) is 7.02. The number of Topliss-reactive ketones (excluding diaryl/α,β-unsaturated/α-hetero) is 1. The molecule has 4 heteroatoms. The third-order valence-electron chi connectivity index (χ3n) is 3.79. The zero-order chi connectivity index (χ0) is 20.6. The lowest BCUT2D eigenvalue weighted by Gasteiger charge is -2.36. The molecule has 0 saturated heterocycles. The summed E-state index contributed by atoms with van der Waals surface area (Å²) >= 11 is 0. The van der Waals surface area contributed by atoms with Gasteiger partial charge in [-0.25, -0.2) is 0 Å². The smallest absolute Gasteiger partial charge is 0.248 e. The first-order valence-electron chi connectivity index (χ1n) is 9.55. The van der Waals surface area contributed by atoms with E-state index in [9.17, 15) is 9.90 Å². The standard InChI is InChI=1S/C20H26O3Si/c1-14(2)23-19-17(16-10-8-7-9-11-16)18(21)20(19,22)13-12-15(3)24(4,5)6/h7-11,14-15,22H,1-6H3/i3D3. The highest BCUT2D eigenvalue weighted by Gasteiger charge is 2.54. The number of ether oxygens (including phenoxy) is 1. The van der Waals surface area contributed by atoms with E-state index in [1.54, 1.807) is 38.1 Å². The Morgan fingerprint density at radius 3 is 2.38 bits per heavy atom. The Morgan fingerprint density at radius 2 is 1.88 bits per heavy atom. The lowest BCUT2D eigenvalue weighted by Crippen LogP contribution is -2.50. The molecule has 0 bridgehead atoms. The van der Waals surface area contributed by atoms with E-state index in [0.29, 0.717) is 11.1 Å². The molecule has 0 saturated carbocycles. The van der Waals surface area contributed by atoms with Crippen LogP contribution in [0.2, 0.25) is 25.2 Å². The molecule has 2 atom stereocenters. The highest BCUT2D eigenvalue weighted by Crippen LogP contribution is 2.42. The van der Waals surface area contributed by atoms with Crippen molar-refractivity contribution in [3.05, 3.63) is 41.7 Å². The van der Waals surface area contributed by atoms with Gasteiger partial charge in [-0.2, -0.15) is 0 Å². The van der Waals surface area contributed by atoms with Crippen LogP contribution in [0, 0.1) is 11.8 Å². The summed E-state index contributed by atoms with van der Waals surface area (Å²) in [6, 6.07) is 8.94. The van der Waals surface area contributed by atoms with Gasteiger partial charge in [0, 0.05) is 9.65 Å². The van der Waals surface area contributed by atoms with Crippen molar-refractivity contribution in [2.45, 2.75) is 57.6 Å². The average molecular weight is 346 g/mol. The maximum Gasteiger partial charge on any atom is 0.248 e. The molecule has 0 aromatic heterocycles. The summed E-state index contributed by atoms with van der Waals surface area (Å²) in [5, 5.41) is 10.9. The van der Waals surface area contributed by atoms with Gasteiger partial charge in [-0.05, 0) is 19.4 Å². The largest absolute Gasteiger partial charge is 0.490 e. The number of ketones is 1. The fourth-order valence-corrected chi connectivity index (χ4v) is 2.76. The summed E-state index contributed by atoms with van der Waals surface area (Å²) in [5.41, 5.74) is -2.02. The lowest BCUT2D eigenvalue weighted by molar-refractivity contribution is -0.131. The Hall–Kier alpha value is -1.83. The van der Waals surface area contributed by atoms with E-state index in [1.165, 1.54) is 0 Å². The number of benzene rings is 1. The van der Waals surface area contributed by atoms with Crippen molar-refractivity contribution in [2.24, 2.45) is 0 Å². The van der Waals surface area contributed by atoms with Gasteiger partial charge in [-0.15, -0.1) is 0 Å². The van der Waals surface area contributed by atoms with Crippen molar-refractivity contribution in [1.82, 2.24) is 0 Å². The second-order valence-electron chi connectivity index (χ2n) is 7.34. The fraction of sp³-hybridized carbons (Fsp3) is 0.450. The van der Waals surface area contributed by atoms with Crippen molar-refractivity contribution < 1.29 is 18.8 Å². The highest BCUT2D eigenvalue weighted by molar-refractivity contribution is 6.78.